The molecule has 0 spiro atoms. The minimum atomic E-state index is -3.18. The number of nitrogens with one attached hydrogen (secondary N) is 1. The van der Waals surface area contributed by atoms with Gasteiger partial charge in [0.15, 0.2) is 0 Å². The van der Waals surface area contributed by atoms with Crippen LogP contribution in [0.15, 0.2) is 24.3 Å². The molecule has 1 aromatic rings. The summed E-state index contributed by atoms with van der Waals surface area (Å²) in [5.41, 5.74) is 2.09. The van der Waals surface area contributed by atoms with Gasteiger partial charge in [0.1, 0.15) is 0 Å². The highest BCUT2D eigenvalue weighted by atomic mass is 32.2. The normalized spacial score (nSPS) is 19.1. The van der Waals surface area contributed by atoms with Crippen molar-refractivity contribution >= 4 is 10.0 Å². The van der Waals surface area contributed by atoms with E-state index < -0.39 is 10.0 Å². The Morgan fingerprint density at radius 1 is 1.10 bits per heavy atom. The summed E-state index contributed by atoms with van der Waals surface area (Å²) in [6.45, 7) is 1.55. The standard InChI is InChI=1S/C16H24N2O2S/c1-18(11-14-4-5-14)21(19,20)12-15-6-2-13(3-7-15)10-17-16-8-9-16/h2-3,6-7,14,16-17H,4-5,8-12H2,1H3. The van der Waals surface area contributed by atoms with Gasteiger partial charge in [0, 0.05) is 26.2 Å². The van der Waals surface area contributed by atoms with E-state index >= 15 is 0 Å². The van der Waals surface area contributed by atoms with Crippen molar-refractivity contribution in [2.75, 3.05) is 13.6 Å². The Labute approximate surface area is 127 Å². The molecule has 0 heterocycles. The van der Waals surface area contributed by atoms with Crippen LogP contribution in [0.1, 0.15) is 36.8 Å². The third kappa shape index (κ3) is 4.53. The van der Waals surface area contributed by atoms with Crippen LogP contribution in [0.2, 0.25) is 0 Å². The van der Waals surface area contributed by atoms with Gasteiger partial charge in [0.05, 0.1) is 5.75 Å². The van der Waals surface area contributed by atoms with E-state index in [0.717, 1.165) is 12.1 Å². The first kappa shape index (κ1) is 15.0. The molecule has 0 radical (unpaired) electrons. The van der Waals surface area contributed by atoms with E-state index in [1.807, 2.05) is 24.3 Å². The van der Waals surface area contributed by atoms with E-state index in [2.05, 4.69) is 5.32 Å². The molecule has 0 atom stereocenters. The Hall–Kier alpha value is -0.910. The van der Waals surface area contributed by atoms with Crippen LogP contribution in [-0.2, 0) is 22.3 Å². The molecule has 116 valence electrons. The van der Waals surface area contributed by atoms with E-state index in [0.29, 0.717) is 18.5 Å². The maximum Gasteiger partial charge on any atom is 0.218 e. The van der Waals surface area contributed by atoms with Crippen molar-refractivity contribution in [3.8, 4) is 0 Å². The zero-order valence-corrected chi connectivity index (χ0v) is 13.4. The quantitative estimate of drug-likeness (QED) is 0.800. The van der Waals surface area contributed by atoms with Crippen LogP contribution >= 0.6 is 0 Å². The first-order chi connectivity index (χ1) is 10.0. The number of nitrogens with zero attached hydrogens (tertiary/aromatic N) is 1. The van der Waals surface area contributed by atoms with E-state index in [9.17, 15) is 8.42 Å². The SMILES string of the molecule is CN(CC1CC1)S(=O)(=O)Cc1ccc(CNC2CC2)cc1. The molecule has 2 aliphatic rings. The van der Waals surface area contributed by atoms with Crippen molar-refractivity contribution in [3.63, 3.8) is 0 Å². The Morgan fingerprint density at radius 2 is 1.71 bits per heavy atom. The summed E-state index contributed by atoms with van der Waals surface area (Å²) in [7, 11) is -1.48. The van der Waals surface area contributed by atoms with Gasteiger partial charge in [-0.2, -0.15) is 0 Å². The Bertz CT molecular complexity index is 575. The monoisotopic (exact) mass is 308 g/mol. The molecule has 1 N–H and O–H groups in total. The molecule has 0 aliphatic heterocycles. The van der Waals surface area contributed by atoms with Gasteiger partial charge in [-0.3, -0.25) is 0 Å². The van der Waals surface area contributed by atoms with Gasteiger partial charge in [-0.05, 0) is 42.7 Å². The molecule has 2 aliphatic carbocycles. The Morgan fingerprint density at radius 3 is 2.29 bits per heavy atom. The summed E-state index contributed by atoms with van der Waals surface area (Å²) in [5, 5.41) is 3.46. The minimum absolute atomic E-state index is 0.104. The van der Waals surface area contributed by atoms with Crippen LogP contribution in [0, 0.1) is 5.92 Å². The number of rotatable bonds is 8. The predicted octanol–water partition coefficient (Wildman–Crippen LogP) is 2.11. The lowest BCUT2D eigenvalue weighted by Crippen LogP contribution is -2.30. The fourth-order valence-electron chi connectivity index (χ4n) is 2.40. The fourth-order valence-corrected chi connectivity index (χ4v) is 3.67. The molecule has 3 rings (SSSR count). The van der Waals surface area contributed by atoms with E-state index in [4.69, 9.17) is 0 Å². The zero-order valence-electron chi connectivity index (χ0n) is 12.6. The first-order valence-electron chi connectivity index (χ1n) is 7.78. The maximum atomic E-state index is 12.3. The van der Waals surface area contributed by atoms with E-state index in [-0.39, 0.29) is 5.75 Å². The highest BCUT2D eigenvalue weighted by molar-refractivity contribution is 7.88. The molecule has 0 amide bonds. The number of benzene rings is 1. The Kier molecular flexibility index (Phi) is 4.33. The molecule has 1 aromatic carbocycles. The van der Waals surface area contributed by atoms with Crippen molar-refractivity contribution in [2.24, 2.45) is 5.92 Å². The lowest BCUT2D eigenvalue weighted by atomic mass is 10.1. The van der Waals surface area contributed by atoms with Gasteiger partial charge >= 0.3 is 0 Å². The molecule has 0 unspecified atom stereocenters. The van der Waals surface area contributed by atoms with Crippen LogP contribution in [0.4, 0.5) is 0 Å². The molecule has 4 nitrogen and oxygen atoms in total. The third-order valence-electron chi connectivity index (χ3n) is 4.23. The molecule has 2 saturated carbocycles. The average Bonchev–Trinajstić information content (AvgIpc) is 3.32. The molecular weight excluding hydrogens is 284 g/mol. The van der Waals surface area contributed by atoms with Crippen LogP contribution in [0.3, 0.4) is 0 Å². The van der Waals surface area contributed by atoms with Gasteiger partial charge in [-0.25, -0.2) is 12.7 Å². The smallest absolute Gasteiger partial charge is 0.218 e. The largest absolute Gasteiger partial charge is 0.310 e. The average molecular weight is 308 g/mol. The molecular formula is C16H24N2O2S. The number of sulfonamides is 1. The summed E-state index contributed by atoms with van der Waals surface area (Å²) in [4.78, 5) is 0. The van der Waals surface area contributed by atoms with Crippen molar-refractivity contribution in [2.45, 2.75) is 44.0 Å². The lowest BCUT2D eigenvalue weighted by molar-refractivity contribution is 0.452. The highest BCUT2D eigenvalue weighted by Gasteiger charge is 2.28. The fraction of sp³-hybridized carbons (Fsp3) is 0.625. The molecule has 0 aromatic heterocycles. The second-order valence-corrected chi connectivity index (χ2v) is 8.53. The maximum absolute atomic E-state index is 12.3. The molecule has 0 bridgehead atoms. The highest BCUT2D eigenvalue weighted by Crippen LogP contribution is 2.30. The third-order valence-corrected chi connectivity index (χ3v) is 6.03. The summed E-state index contributed by atoms with van der Waals surface area (Å²) >= 11 is 0. The summed E-state index contributed by atoms with van der Waals surface area (Å²) in [5.74, 6) is 0.688. The van der Waals surface area contributed by atoms with Gasteiger partial charge in [0.25, 0.3) is 0 Å². The number of hydrogen-bond acceptors (Lipinski definition) is 3. The van der Waals surface area contributed by atoms with Gasteiger partial charge < -0.3 is 5.32 Å². The van der Waals surface area contributed by atoms with Crippen molar-refractivity contribution in [3.05, 3.63) is 35.4 Å². The van der Waals surface area contributed by atoms with Crippen LogP contribution in [-0.4, -0.2) is 32.4 Å². The zero-order chi connectivity index (χ0) is 14.9. The van der Waals surface area contributed by atoms with Crippen LogP contribution < -0.4 is 5.32 Å². The first-order valence-corrected chi connectivity index (χ1v) is 9.39. The van der Waals surface area contributed by atoms with Gasteiger partial charge in [-0.15, -0.1) is 0 Å². The topological polar surface area (TPSA) is 49.4 Å². The second-order valence-electron chi connectivity index (χ2n) is 6.45. The van der Waals surface area contributed by atoms with Gasteiger partial charge in [-0.1, -0.05) is 24.3 Å². The number of hydrogen-bond donors (Lipinski definition) is 1. The Balaban J connectivity index is 1.55. The molecule has 0 saturated heterocycles. The van der Waals surface area contributed by atoms with Gasteiger partial charge in [0.2, 0.25) is 10.0 Å². The summed E-state index contributed by atoms with van der Waals surface area (Å²) < 4.78 is 26.1. The molecule has 21 heavy (non-hydrogen) atoms. The lowest BCUT2D eigenvalue weighted by Gasteiger charge is -2.17. The van der Waals surface area contributed by atoms with Crippen molar-refractivity contribution < 1.29 is 8.42 Å². The van der Waals surface area contributed by atoms with E-state index in [1.54, 1.807) is 7.05 Å². The van der Waals surface area contributed by atoms with Crippen LogP contribution in [0.25, 0.3) is 0 Å². The molecule has 5 heteroatoms. The minimum Gasteiger partial charge on any atom is -0.310 e. The van der Waals surface area contributed by atoms with Crippen molar-refractivity contribution in [1.29, 1.82) is 0 Å². The van der Waals surface area contributed by atoms with Crippen molar-refractivity contribution in [1.82, 2.24) is 9.62 Å². The predicted molar refractivity (Wildman–Crippen MR) is 84.3 cm³/mol. The van der Waals surface area contributed by atoms with E-state index in [1.165, 1.54) is 35.6 Å². The van der Waals surface area contributed by atoms with Crippen LogP contribution in [0.5, 0.6) is 0 Å². The molecule has 2 fully saturated rings. The summed E-state index contributed by atoms with van der Waals surface area (Å²) in [6.07, 6.45) is 4.90. The summed E-state index contributed by atoms with van der Waals surface area (Å²) in [6, 6.07) is 8.63. The second kappa shape index (κ2) is 6.07.